The van der Waals surface area contributed by atoms with Crippen molar-refractivity contribution in [1.29, 1.82) is 0 Å². The molecule has 0 radical (unpaired) electrons. The van der Waals surface area contributed by atoms with Crippen molar-refractivity contribution in [1.82, 2.24) is 0 Å². The van der Waals surface area contributed by atoms with Crippen LogP contribution in [0.15, 0.2) is 12.1 Å². The summed E-state index contributed by atoms with van der Waals surface area (Å²) in [5.41, 5.74) is 0. The molecule has 0 aliphatic carbocycles. The second-order valence-electron chi connectivity index (χ2n) is 3.48. The number of carbonyl (C=O) groups is 1. The Labute approximate surface area is 100 Å². The number of carboxylic acids is 1. The first-order chi connectivity index (χ1) is 7.83. The van der Waals surface area contributed by atoms with E-state index in [2.05, 4.69) is 0 Å². The Hall–Kier alpha value is -1.24. The highest BCUT2D eigenvalue weighted by molar-refractivity contribution is 7.17. The number of hydrogen-bond donors (Lipinski definition) is 1. The highest BCUT2D eigenvalue weighted by Crippen LogP contribution is 2.29. The first-order valence-corrected chi connectivity index (χ1v) is 5.80. The molecule has 0 aliphatic rings. The summed E-state index contributed by atoms with van der Waals surface area (Å²) in [5, 5.41) is 9.05. The van der Waals surface area contributed by atoms with Gasteiger partial charge in [0.05, 0.1) is 5.00 Å². The Bertz CT molecular complexity index is 389. The van der Waals surface area contributed by atoms with E-state index in [1.54, 1.807) is 6.92 Å². The van der Waals surface area contributed by atoms with Crippen LogP contribution < -0.4 is 4.90 Å². The molecular formula is C10H12F3NO2S. The van der Waals surface area contributed by atoms with Crippen molar-refractivity contribution in [3.63, 3.8) is 0 Å². The van der Waals surface area contributed by atoms with E-state index in [4.69, 9.17) is 5.11 Å². The Balaban J connectivity index is 2.85. The van der Waals surface area contributed by atoms with Crippen LogP contribution in [0.3, 0.4) is 0 Å². The second-order valence-corrected chi connectivity index (χ2v) is 4.54. The molecule has 17 heavy (non-hydrogen) atoms. The predicted octanol–water partition coefficient (Wildman–Crippen LogP) is 3.23. The molecule has 0 saturated heterocycles. The molecule has 3 nitrogen and oxygen atoms in total. The maximum Gasteiger partial charge on any atom is 0.405 e. The summed E-state index contributed by atoms with van der Waals surface area (Å²) in [6.07, 6.45) is -3.72. The van der Waals surface area contributed by atoms with Gasteiger partial charge in [0.15, 0.2) is 0 Å². The van der Waals surface area contributed by atoms with Crippen LogP contribution in [-0.2, 0) is 0 Å². The molecule has 0 spiro atoms. The maximum atomic E-state index is 12.3. The van der Waals surface area contributed by atoms with Gasteiger partial charge in [0.25, 0.3) is 0 Å². The number of anilines is 1. The molecule has 0 unspecified atom stereocenters. The van der Waals surface area contributed by atoms with Crippen LogP contribution in [0.1, 0.15) is 23.0 Å². The van der Waals surface area contributed by atoms with E-state index in [1.807, 2.05) is 0 Å². The number of rotatable bonds is 5. The molecule has 96 valence electrons. The van der Waals surface area contributed by atoms with E-state index in [-0.39, 0.29) is 11.4 Å². The van der Waals surface area contributed by atoms with Crippen LogP contribution in [0.5, 0.6) is 0 Å². The quantitative estimate of drug-likeness (QED) is 0.890. The molecule has 0 fully saturated rings. The van der Waals surface area contributed by atoms with Crippen LogP contribution in [0.2, 0.25) is 0 Å². The number of nitrogens with zero attached hydrogens (tertiary/aromatic N) is 1. The van der Waals surface area contributed by atoms with Crippen LogP contribution in [0.4, 0.5) is 18.2 Å². The van der Waals surface area contributed by atoms with E-state index < -0.39 is 18.7 Å². The normalized spacial score (nSPS) is 11.5. The highest BCUT2D eigenvalue weighted by atomic mass is 32.1. The Kier molecular flexibility index (Phi) is 4.39. The number of aromatic carboxylic acids is 1. The summed E-state index contributed by atoms with van der Waals surface area (Å²) in [7, 11) is 0. The average molecular weight is 267 g/mol. The lowest BCUT2D eigenvalue weighted by Crippen LogP contribution is -2.34. The highest BCUT2D eigenvalue weighted by Gasteiger charge is 2.31. The van der Waals surface area contributed by atoms with Gasteiger partial charge in [0, 0.05) is 6.54 Å². The fraction of sp³-hybridized carbons (Fsp3) is 0.500. The smallest absolute Gasteiger partial charge is 0.405 e. The summed E-state index contributed by atoms with van der Waals surface area (Å²) >= 11 is 0.856. The average Bonchev–Trinajstić information content (AvgIpc) is 2.63. The molecule has 0 saturated carbocycles. The minimum Gasteiger partial charge on any atom is -0.477 e. The van der Waals surface area contributed by atoms with E-state index in [1.165, 1.54) is 12.1 Å². The number of alkyl halides is 3. The van der Waals surface area contributed by atoms with Crippen LogP contribution in [-0.4, -0.2) is 30.3 Å². The van der Waals surface area contributed by atoms with E-state index in [9.17, 15) is 18.0 Å². The zero-order valence-electron chi connectivity index (χ0n) is 9.12. The molecule has 0 aromatic carbocycles. The predicted molar refractivity (Wildman–Crippen MR) is 59.8 cm³/mol. The van der Waals surface area contributed by atoms with E-state index in [0.29, 0.717) is 11.4 Å². The van der Waals surface area contributed by atoms with Gasteiger partial charge >= 0.3 is 12.1 Å². The minimum absolute atomic E-state index is 0.0447. The SMILES string of the molecule is CCCN(CC(F)(F)F)c1ccc(C(=O)O)s1. The monoisotopic (exact) mass is 267 g/mol. The third kappa shape index (κ3) is 4.26. The lowest BCUT2D eigenvalue weighted by atomic mass is 10.4. The molecular weight excluding hydrogens is 255 g/mol. The Morgan fingerprint density at radius 3 is 2.53 bits per heavy atom. The molecule has 1 aromatic heterocycles. The van der Waals surface area contributed by atoms with Gasteiger partial charge in [0.2, 0.25) is 0 Å². The molecule has 1 N–H and O–H groups in total. The molecule has 7 heteroatoms. The summed E-state index contributed by atoms with van der Waals surface area (Å²) in [6.45, 7) is 0.967. The standard InChI is InChI=1S/C10H12F3NO2S/c1-2-5-14(6-10(11,12)13)8-4-3-7(17-8)9(15)16/h3-4H,2,5-6H2,1H3,(H,15,16). The van der Waals surface area contributed by atoms with Crippen molar-refractivity contribution >= 4 is 22.3 Å². The van der Waals surface area contributed by atoms with Gasteiger partial charge in [-0.05, 0) is 18.6 Å². The third-order valence-electron chi connectivity index (χ3n) is 1.98. The number of thiophene rings is 1. The molecule has 0 atom stereocenters. The number of halogens is 3. The zero-order chi connectivity index (χ0) is 13.1. The maximum absolute atomic E-state index is 12.3. The first kappa shape index (κ1) is 13.8. The van der Waals surface area contributed by atoms with Crippen molar-refractivity contribution < 1.29 is 23.1 Å². The van der Waals surface area contributed by atoms with Gasteiger partial charge in [-0.15, -0.1) is 11.3 Å². The summed E-state index contributed by atoms with van der Waals surface area (Å²) in [5.74, 6) is -1.12. The van der Waals surface area contributed by atoms with Crippen LogP contribution in [0.25, 0.3) is 0 Å². The van der Waals surface area contributed by atoms with Gasteiger partial charge in [-0.2, -0.15) is 13.2 Å². The molecule has 0 aliphatic heterocycles. The van der Waals surface area contributed by atoms with Crippen molar-refractivity contribution in [2.45, 2.75) is 19.5 Å². The summed E-state index contributed by atoms with van der Waals surface area (Å²) < 4.78 is 37.0. The zero-order valence-corrected chi connectivity index (χ0v) is 9.94. The molecule has 0 amide bonds. The van der Waals surface area contributed by atoms with Crippen molar-refractivity contribution in [3.05, 3.63) is 17.0 Å². The van der Waals surface area contributed by atoms with E-state index in [0.717, 1.165) is 16.2 Å². The molecule has 1 aromatic rings. The molecule has 1 rings (SSSR count). The Morgan fingerprint density at radius 2 is 2.12 bits per heavy atom. The van der Waals surface area contributed by atoms with Crippen molar-refractivity contribution in [3.8, 4) is 0 Å². The largest absolute Gasteiger partial charge is 0.477 e. The summed E-state index contributed by atoms with van der Waals surface area (Å²) in [6, 6.07) is 2.73. The van der Waals surface area contributed by atoms with Gasteiger partial charge in [0.1, 0.15) is 11.4 Å². The topological polar surface area (TPSA) is 40.5 Å². The number of hydrogen-bond acceptors (Lipinski definition) is 3. The molecule has 0 bridgehead atoms. The van der Waals surface area contributed by atoms with Gasteiger partial charge < -0.3 is 10.0 Å². The summed E-state index contributed by atoms with van der Waals surface area (Å²) in [4.78, 5) is 11.8. The fourth-order valence-corrected chi connectivity index (χ4v) is 2.24. The van der Waals surface area contributed by atoms with Gasteiger partial charge in [-0.3, -0.25) is 0 Å². The fourth-order valence-electron chi connectivity index (χ4n) is 1.37. The molecule has 1 heterocycles. The minimum atomic E-state index is -4.29. The van der Waals surface area contributed by atoms with Crippen LogP contribution >= 0.6 is 11.3 Å². The van der Waals surface area contributed by atoms with Crippen molar-refractivity contribution in [2.75, 3.05) is 18.0 Å². The first-order valence-electron chi connectivity index (χ1n) is 4.98. The third-order valence-corrected chi connectivity index (χ3v) is 3.11. The Morgan fingerprint density at radius 1 is 1.47 bits per heavy atom. The van der Waals surface area contributed by atoms with Gasteiger partial charge in [-0.25, -0.2) is 4.79 Å². The van der Waals surface area contributed by atoms with Gasteiger partial charge in [-0.1, -0.05) is 6.92 Å². The van der Waals surface area contributed by atoms with Crippen LogP contribution in [0, 0.1) is 0 Å². The lowest BCUT2D eigenvalue weighted by Gasteiger charge is -2.23. The number of carboxylic acid groups (broad SMARTS) is 1. The van der Waals surface area contributed by atoms with E-state index >= 15 is 0 Å². The lowest BCUT2D eigenvalue weighted by molar-refractivity contribution is -0.119. The second kappa shape index (κ2) is 5.39. The van der Waals surface area contributed by atoms with Crippen molar-refractivity contribution in [2.24, 2.45) is 0 Å².